The maximum absolute atomic E-state index is 7.52. The second-order valence-corrected chi connectivity index (χ2v) is 27.9. The fraction of sp³-hybridized carbons (Fsp3) is 0.0833. The van der Waals surface area contributed by atoms with Gasteiger partial charge in [-0.25, -0.2) is 0 Å². The van der Waals surface area contributed by atoms with Crippen LogP contribution >= 0.6 is 0 Å². The molecule has 0 aliphatic heterocycles. The van der Waals surface area contributed by atoms with Gasteiger partial charge in [-0.15, -0.1) is 0 Å². The minimum absolute atomic E-state index is 0.659. The van der Waals surface area contributed by atoms with E-state index in [0.717, 1.165) is 155 Å². The first-order valence-electron chi connectivity index (χ1n) is 35.3. The molecule has 102 heavy (non-hydrogen) atoms. The average Bonchev–Trinajstić information content (AvgIpc) is 1.55. The zero-order valence-electron chi connectivity index (χ0n) is 58.3. The molecule has 0 N–H and O–H groups in total. The zero-order valence-corrected chi connectivity index (χ0v) is 58.3. The predicted molar refractivity (Wildman–Crippen MR) is 432 cm³/mol. The van der Waals surface area contributed by atoms with Crippen molar-refractivity contribution >= 4 is 155 Å². The summed E-state index contributed by atoms with van der Waals surface area (Å²) in [6, 6.07) is 114. The molecule has 0 aliphatic carbocycles. The van der Waals surface area contributed by atoms with Crippen LogP contribution in [0.25, 0.3) is 87.0 Å². The molecule has 6 heteroatoms. The van der Waals surface area contributed by atoms with E-state index in [1.165, 1.54) is 50.1 Å². The molecule has 0 radical (unpaired) electrons. The summed E-state index contributed by atoms with van der Waals surface area (Å²) in [6.07, 6.45) is 0.659. The highest BCUT2D eigenvalue weighted by Crippen LogP contribution is 2.52. The van der Waals surface area contributed by atoms with E-state index < -0.39 is 0 Å². The lowest BCUT2D eigenvalue weighted by molar-refractivity contribution is 0.676. The quantitative estimate of drug-likeness (QED) is 0.108. The van der Waals surface area contributed by atoms with Gasteiger partial charge in [0.05, 0.1) is 22.7 Å². The van der Waals surface area contributed by atoms with E-state index in [1.54, 1.807) is 0 Å². The topological polar surface area (TPSA) is 39.2 Å². The molecular weight excluding hydrogens is 1240 g/mol. The predicted octanol–water partition coefficient (Wildman–Crippen LogP) is 27.7. The Morgan fingerprint density at radius 3 is 0.784 bits per heavy atom. The molecule has 18 aromatic rings. The molecule has 2 heterocycles. The van der Waals surface area contributed by atoms with Crippen LogP contribution in [0.1, 0.15) is 50.1 Å². The number of furan rings is 2. The van der Waals surface area contributed by atoms with Crippen LogP contribution in [0.3, 0.4) is 0 Å². The number of nitrogens with zero attached hydrogens (tertiary/aromatic N) is 4. The van der Waals surface area contributed by atoms with E-state index in [1.807, 2.05) is 0 Å². The standard InChI is InChI=1S/C96H74N4O2/c1-60-32-41-69(42-33-60)97(70-43-34-61(2)35-44-70)89-56-87-88-59-92(98(71-45-36-62(3)37-46-71)72-47-38-63(4)39-48-72)80-49-40-68(55-84(80)96(88)102-95(87)81-29-11-8-26-77(81)89)53-67-21-17-25-76(54-67)100(75-24-16-20-66(7)52-75)91-58-86-85-57-90(99(73-22-14-18-64(5)50-73)74-23-15-19-65(6)51-74)78-27-9-12-30-82(78)93(85)101-94(86)83-31-13-10-28-79(83)91/h8-52,54-59H,53H2,1-7H3. The lowest BCUT2D eigenvalue weighted by Gasteiger charge is -2.28. The van der Waals surface area contributed by atoms with Crippen molar-refractivity contribution in [2.75, 3.05) is 19.6 Å². The van der Waals surface area contributed by atoms with Crippen molar-refractivity contribution in [1.29, 1.82) is 0 Å². The monoisotopic (exact) mass is 1310 g/mol. The molecule has 0 fully saturated rings. The van der Waals surface area contributed by atoms with Gasteiger partial charge in [-0.05, 0) is 210 Å². The highest BCUT2D eigenvalue weighted by atomic mass is 16.3. The first-order valence-corrected chi connectivity index (χ1v) is 35.3. The van der Waals surface area contributed by atoms with Gasteiger partial charge in [-0.1, -0.05) is 204 Å². The van der Waals surface area contributed by atoms with Crippen molar-refractivity contribution < 1.29 is 8.83 Å². The number of hydrogen-bond acceptors (Lipinski definition) is 6. The molecule has 0 saturated carbocycles. The zero-order chi connectivity index (χ0) is 68.9. The number of hydrogen-bond donors (Lipinski definition) is 0. The molecule has 2 aromatic heterocycles. The summed E-state index contributed by atoms with van der Waals surface area (Å²) < 4.78 is 14.8. The lowest BCUT2D eigenvalue weighted by atomic mass is 9.96. The third-order valence-electron chi connectivity index (χ3n) is 20.5. The van der Waals surface area contributed by atoms with Gasteiger partial charge in [0.2, 0.25) is 0 Å². The number of aryl methyl sites for hydroxylation is 7. The van der Waals surface area contributed by atoms with Gasteiger partial charge in [-0.2, -0.15) is 0 Å². The summed E-state index contributed by atoms with van der Waals surface area (Å²) in [5.41, 5.74) is 27.0. The maximum atomic E-state index is 7.52. The van der Waals surface area contributed by atoms with Gasteiger partial charge in [0, 0.05) is 110 Å². The first kappa shape index (κ1) is 61.7. The number of anilines is 12. The molecule has 0 spiro atoms. The normalized spacial score (nSPS) is 11.7. The fourth-order valence-electron chi connectivity index (χ4n) is 15.5. The Hall–Kier alpha value is -12.6. The van der Waals surface area contributed by atoms with Gasteiger partial charge in [0.25, 0.3) is 0 Å². The third kappa shape index (κ3) is 10.8. The lowest BCUT2D eigenvalue weighted by Crippen LogP contribution is -2.11. The summed E-state index contributed by atoms with van der Waals surface area (Å²) >= 11 is 0. The van der Waals surface area contributed by atoms with Crippen molar-refractivity contribution in [2.45, 2.75) is 54.9 Å². The Morgan fingerprint density at radius 1 is 0.186 bits per heavy atom. The van der Waals surface area contributed by atoms with Crippen LogP contribution in [0.2, 0.25) is 0 Å². The van der Waals surface area contributed by atoms with Crippen LogP contribution in [0.15, 0.2) is 318 Å². The fourth-order valence-corrected chi connectivity index (χ4v) is 15.5. The molecule has 0 bridgehead atoms. The molecular formula is C96H74N4O2. The number of fused-ring (bicyclic) bond motifs is 14. The summed E-state index contributed by atoms with van der Waals surface area (Å²) in [5, 5.41) is 12.8. The Bertz CT molecular complexity index is 6190. The second-order valence-electron chi connectivity index (χ2n) is 27.9. The average molecular weight is 1320 g/mol. The van der Waals surface area contributed by atoms with Gasteiger partial charge in [0.1, 0.15) is 22.3 Å². The second kappa shape index (κ2) is 25.0. The summed E-state index contributed by atoms with van der Waals surface area (Å²) in [4.78, 5) is 9.70. The van der Waals surface area contributed by atoms with E-state index in [4.69, 9.17) is 8.83 Å². The van der Waals surface area contributed by atoms with Crippen molar-refractivity contribution in [2.24, 2.45) is 0 Å². The van der Waals surface area contributed by atoms with Crippen molar-refractivity contribution in [3.63, 3.8) is 0 Å². The molecule has 0 amide bonds. The molecule has 0 saturated heterocycles. The molecule has 0 aliphatic rings. The Labute approximate surface area is 594 Å². The van der Waals surface area contributed by atoms with Crippen molar-refractivity contribution in [3.05, 3.63) is 359 Å². The van der Waals surface area contributed by atoms with Crippen LogP contribution in [-0.2, 0) is 6.42 Å². The smallest absolute Gasteiger partial charge is 0.143 e. The third-order valence-corrected chi connectivity index (χ3v) is 20.5. The molecule has 18 rings (SSSR count). The highest BCUT2D eigenvalue weighted by Gasteiger charge is 2.28. The summed E-state index contributed by atoms with van der Waals surface area (Å²) in [7, 11) is 0. The Balaban J connectivity index is 0.828. The molecule has 16 aromatic carbocycles. The van der Waals surface area contributed by atoms with E-state index in [9.17, 15) is 0 Å². The molecule has 490 valence electrons. The maximum Gasteiger partial charge on any atom is 0.143 e. The molecule has 0 atom stereocenters. The van der Waals surface area contributed by atoms with Gasteiger partial charge < -0.3 is 28.4 Å². The van der Waals surface area contributed by atoms with Crippen LogP contribution in [0.4, 0.5) is 68.2 Å². The van der Waals surface area contributed by atoms with E-state index in [-0.39, 0.29) is 0 Å². The molecule has 6 nitrogen and oxygen atoms in total. The Kier molecular flexibility index (Phi) is 15.1. The minimum Gasteiger partial charge on any atom is -0.455 e. The minimum atomic E-state index is 0.659. The van der Waals surface area contributed by atoms with Gasteiger partial charge in [-0.3, -0.25) is 0 Å². The summed E-state index contributed by atoms with van der Waals surface area (Å²) in [5.74, 6) is 0. The SMILES string of the molecule is Cc1ccc(N(c2ccc(C)cc2)c2cc3c4cc(N(c5ccc(C)cc5)c5ccc(C)cc5)c5ccc(Cc6cccc(N(c7cccc(C)c7)c7cc8c9cc(N(c%10cccc(C)c%10)c%10cccc(C)c%10)c%10ccccc%10c9oc8c8ccccc78)c6)cc5c4oc3c3ccccc23)cc1. The van der Waals surface area contributed by atoms with Crippen molar-refractivity contribution in [3.8, 4) is 0 Å². The highest BCUT2D eigenvalue weighted by molar-refractivity contribution is 6.27. The van der Waals surface area contributed by atoms with E-state index in [0.29, 0.717) is 6.42 Å². The van der Waals surface area contributed by atoms with E-state index >= 15 is 0 Å². The first-order chi connectivity index (χ1) is 49.9. The Morgan fingerprint density at radius 2 is 0.451 bits per heavy atom. The largest absolute Gasteiger partial charge is 0.455 e. The number of benzene rings is 16. The van der Waals surface area contributed by atoms with Crippen LogP contribution < -0.4 is 19.6 Å². The van der Waals surface area contributed by atoms with Crippen LogP contribution in [-0.4, -0.2) is 0 Å². The van der Waals surface area contributed by atoms with Gasteiger partial charge >= 0.3 is 0 Å². The van der Waals surface area contributed by atoms with Crippen LogP contribution in [0.5, 0.6) is 0 Å². The number of rotatable bonds is 14. The van der Waals surface area contributed by atoms with Crippen molar-refractivity contribution in [1.82, 2.24) is 0 Å². The van der Waals surface area contributed by atoms with Crippen LogP contribution in [0, 0.1) is 48.5 Å². The van der Waals surface area contributed by atoms with Gasteiger partial charge in [0.15, 0.2) is 0 Å². The van der Waals surface area contributed by atoms with E-state index in [2.05, 4.69) is 377 Å². The molecule has 0 unspecified atom stereocenters. The summed E-state index contributed by atoms with van der Waals surface area (Å²) in [6.45, 7) is 15.1.